The molecule has 1 aliphatic rings. The molecule has 0 saturated carbocycles. The third kappa shape index (κ3) is 2.50. The van der Waals surface area contributed by atoms with Crippen molar-refractivity contribution in [2.45, 2.75) is 32.4 Å². The lowest BCUT2D eigenvalue weighted by Gasteiger charge is -2.25. The summed E-state index contributed by atoms with van der Waals surface area (Å²) in [7, 11) is 0. The molecule has 0 saturated heterocycles. The van der Waals surface area contributed by atoms with Gasteiger partial charge in [0.1, 0.15) is 0 Å². The van der Waals surface area contributed by atoms with Crippen molar-refractivity contribution in [2.24, 2.45) is 0 Å². The van der Waals surface area contributed by atoms with Crippen LogP contribution in [0, 0.1) is 0 Å². The van der Waals surface area contributed by atoms with Crippen LogP contribution in [0.15, 0.2) is 53.1 Å². The Kier molecular flexibility index (Phi) is 3.33. The van der Waals surface area contributed by atoms with Crippen LogP contribution in [-0.4, -0.2) is 6.18 Å². The van der Waals surface area contributed by atoms with Crippen LogP contribution in [0.1, 0.15) is 31.7 Å². The Bertz CT molecular complexity index is 492. The lowest BCUT2D eigenvalue weighted by molar-refractivity contribution is -0.0900. The molecular formula is C15H15F3. The van der Waals surface area contributed by atoms with Crippen molar-refractivity contribution in [1.29, 1.82) is 0 Å². The molecule has 0 bridgehead atoms. The van der Waals surface area contributed by atoms with E-state index in [2.05, 4.69) is 0 Å². The molecule has 0 aliphatic heterocycles. The number of benzene rings is 1. The first kappa shape index (κ1) is 12.9. The van der Waals surface area contributed by atoms with E-state index in [0.717, 1.165) is 11.1 Å². The minimum absolute atomic E-state index is 0.175. The van der Waals surface area contributed by atoms with Crippen molar-refractivity contribution in [3.63, 3.8) is 0 Å². The Morgan fingerprint density at radius 1 is 1.06 bits per heavy atom. The summed E-state index contributed by atoms with van der Waals surface area (Å²) in [4.78, 5) is 0. The third-order valence-corrected chi connectivity index (χ3v) is 3.47. The third-order valence-electron chi connectivity index (χ3n) is 3.47. The van der Waals surface area contributed by atoms with Gasteiger partial charge in [0.05, 0.1) is 5.57 Å². The standard InChI is InChI=1S/C15H15F3/c1-10-8-13(12-6-4-3-5-7-12)9-14(11(10)2)15(16,17)18/h3-7,9,13H,8H2,1-2H3/t13-/m0/s1. The van der Waals surface area contributed by atoms with Crippen LogP contribution in [0.5, 0.6) is 0 Å². The molecule has 0 heterocycles. The van der Waals surface area contributed by atoms with E-state index in [4.69, 9.17) is 0 Å². The van der Waals surface area contributed by atoms with Crippen LogP contribution in [0.3, 0.4) is 0 Å². The fourth-order valence-electron chi connectivity index (χ4n) is 2.32. The zero-order valence-corrected chi connectivity index (χ0v) is 10.4. The Hall–Kier alpha value is -1.51. The van der Waals surface area contributed by atoms with E-state index in [1.807, 2.05) is 30.3 Å². The van der Waals surface area contributed by atoms with Gasteiger partial charge in [-0.2, -0.15) is 13.2 Å². The summed E-state index contributed by atoms with van der Waals surface area (Å²) < 4.78 is 38.9. The highest BCUT2D eigenvalue weighted by atomic mass is 19.4. The Morgan fingerprint density at radius 3 is 2.22 bits per heavy atom. The monoisotopic (exact) mass is 252 g/mol. The van der Waals surface area contributed by atoms with Crippen LogP contribution in [0.25, 0.3) is 0 Å². The maximum atomic E-state index is 13.0. The average molecular weight is 252 g/mol. The molecule has 0 amide bonds. The predicted molar refractivity (Wildman–Crippen MR) is 66.3 cm³/mol. The molecule has 0 aromatic heterocycles. The van der Waals surface area contributed by atoms with Gasteiger partial charge < -0.3 is 0 Å². The van der Waals surface area contributed by atoms with Crippen LogP contribution >= 0.6 is 0 Å². The molecule has 0 radical (unpaired) electrons. The predicted octanol–water partition coefficient (Wildman–Crippen LogP) is 5.00. The SMILES string of the molecule is CC1=C(C)C(C(F)(F)F)=C[C@@H](c2ccccc2)C1. The molecule has 0 N–H and O–H groups in total. The Morgan fingerprint density at radius 2 is 1.67 bits per heavy atom. The minimum Gasteiger partial charge on any atom is -0.166 e. The van der Waals surface area contributed by atoms with Gasteiger partial charge in [-0.25, -0.2) is 0 Å². The van der Waals surface area contributed by atoms with Gasteiger partial charge in [0, 0.05) is 5.92 Å². The second-order valence-corrected chi connectivity index (χ2v) is 4.70. The zero-order valence-electron chi connectivity index (χ0n) is 10.4. The molecule has 0 fully saturated rings. The second-order valence-electron chi connectivity index (χ2n) is 4.70. The van der Waals surface area contributed by atoms with Gasteiger partial charge >= 0.3 is 6.18 Å². The second kappa shape index (κ2) is 4.63. The van der Waals surface area contributed by atoms with E-state index in [1.165, 1.54) is 6.08 Å². The van der Waals surface area contributed by atoms with Gasteiger partial charge in [0.15, 0.2) is 0 Å². The smallest absolute Gasteiger partial charge is 0.166 e. The molecule has 1 atom stereocenters. The Balaban J connectivity index is 2.41. The number of allylic oxidation sites excluding steroid dienone is 4. The number of alkyl halides is 3. The number of hydrogen-bond acceptors (Lipinski definition) is 0. The molecule has 3 heteroatoms. The van der Waals surface area contributed by atoms with E-state index in [1.54, 1.807) is 13.8 Å². The van der Waals surface area contributed by atoms with Crippen molar-refractivity contribution >= 4 is 0 Å². The summed E-state index contributed by atoms with van der Waals surface area (Å²) in [5.41, 5.74) is 1.64. The summed E-state index contributed by atoms with van der Waals surface area (Å²) in [6, 6.07) is 9.34. The lowest BCUT2D eigenvalue weighted by Crippen LogP contribution is -2.18. The molecular weight excluding hydrogens is 237 g/mol. The van der Waals surface area contributed by atoms with Crippen molar-refractivity contribution in [2.75, 3.05) is 0 Å². The van der Waals surface area contributed by atoms with E-state index < -0.39 is 11.7 Å². The highest BCUT2D eigenvalue weighted by molar-refractivity contribution is 5.44. The van der Waals surface area contributed by atoms with Crippen LogP contribution < -0.4 is 0 Å². The summed E-state index contributed by atoms with van der Waals surface area (Å²) in [5.74, 6) is -0.175. The first-order valence-electron chi connectivity index (χ1n) is 5.90. The molecule has 18 heavy (non-hydrogen) atoms. The zero-order chi connectivity index (χ0) is 13.3. The Labute approximate surface area is 105 Å². The highest BCUT2D eigenvalue weighted by Gasteiger charge is 2.37. The number of rotatable bonds is 1. The van der Waals surface area contributed by atoms with Crippen LogP contribution in [0.2, 0.25) is 0 Å². The van der Waals surface area contributed by atoms with Crippen molar-refractivity contribution in [3.8, 4) is 0 Å². The fourth-order valence-corrected chi connectivity index (χ4v) is 2.32. The molecule has 2 rings (SSSR count). The molecule has 1 aromatic rings. The van der Waals surface area contributed by atoms with E-state index in [9.17, 15) is 13.2 Å². The van der Waals surface area contributed by atoms with E-state index >= 15 is 0 Å². The van der Waals surface area contributed by atoms with Crippen LogP contribution in [-0.2, 0) is 0 Å². The van der Waals surface area contributed by atoms with Crippen molar-refractivity contribution < 1.29 is 13.2 Å². The molecule has 0 spiro atoms. The highest BCUT2D eigenvalue weighted by Crippen LogP contribution is 2.41. The summed E-state index contributed by atoms with van der Waals surface area (Å²) in [5, 5.41) is 0. The summed E-state index contributed by atoms with van der Waals surface area (Å²) >= 11 is 0. The van der Waals surface area contributed by atoms with Crippen LogP contribution in [0.4, 0.5) is 13.2 Å². The lowest BCUT2D eigenvalue weighted by atomic mass is 9.82. The quantitative estimate of drug-likeness (QED) is 0.659. The largest absolute Gasteiger partial charge is 0.416 e. The number of halogens is 3. The van der Waals surface area contributed by atoms with Gasteiger partial charge in [-0.3, -0.25) is 0 Å². The number of hydrogen-bond donors (Lipinski definition) is 0. The molecule has 1 aliphatic carbocycles. The topological polar surface area (TPSA) is 0 Å². The van der Waals surface area contributed by atoms with Crippen molar-refractivity contribution in [1.82, 2.24) is 0 Å². The normalized spacial score (nSPS) is 20.9. The van der Waals surface area contributed by atoms with Gasteiger partial charge in [-0.15, -0.1) is 0 Å². The molecule has 96 valence electrons. The first-order valence-corrected chi connectivity index (χ1v) is 5.90. The molecule has 1 aromatic carbocycles. The average Bonchev–Trinajstić information content (AvgIpc) is 2.32. The molecule has 0 nitrogen and oxygen atoms in total. The van der Waals surface area contributed by atoms with Crippen molar-refractivity contribution in [3.05, 3.63) is 58.7 Å². The van der Waals surface area contributed by atoms with Gasteiger partial charge in [0.25, 0.3) is 0 Å². The maximum Gasteiger partial charge on any atom is 0.416 e. The summed E-state index contributed by atoms with van der Waals surface area (Å²) in [6.07, 6.45) is -2.24. The summed E-state index contributed by atoms with van der Waals surface area (Å²) in [6.45, 7) is 3.33. The maximum absolute atomic E-state index is 13.0. The van der Waals surface area contributed by atoms with Gasteiger partial charge in [-0.05, 0) is 31.4 Å². The minimum atomic E-state index is -4.27. The molecule has 0 unspecified atom stereocenters. The van der Waals surface area contributed by atoms with E-state index in [0.29, 0.717) is 12.0 Å². The fraction of sp³-hybridized carbons (Fsp3) is 0.333. The van der Waals surface area contributed by atoms with E-state index in [-0.39, 0.29) is 5.92 Å². The van der Waals surface area contributed by atoms with Gasteiger partial charge in [-0.1, -0.05) is 42.0 Å². The van der Waals surface area contributed by atoms with Gasteiger partial charge in [0.2, 0.25) is 0 Å². The first-order chi connectivity index (χ1) is 8.39.